The summed E-state index contributed by atoms with van der Waals surface area (Å²) in [5.41, 5.74) is 1.91. The Morgan fingerprint density at radius 1 is 1.09 bits per heavy atom. The Balaban J connectivity index is 1.64. The zero-order valence-electron chi connectivity index (χ0n) is 19.2. The standard InChI is InChI=1S/C24H33N3O3S2/c1-17(2)21-12-8-9-13-22(21)26-24(28)18(3)31-23-15-14-20(16-25-23)32(29,30)27(4)19-10-6-5-7-11-19/h8-9,12-19H,5-7,10-11H2,1-4H3,(H,26,28). The molecule has 0 radical (unpaired) electrons. The van der Waals surface area contributed by atoms with Gasteiger partial charge in [-0.1, -0.05) is 63.1 Å². The average Bonchev–Trinajstić information content (AvgIpc) is 2.79. The van der Waals surface area contributed by atoms with Crippen molar-refractivity contribution in [3.8, 4) is 0 Å². The number of benzene rings is 1. The summed E-state index contributed by atoms with van der Waals surface area (Å²) in [6, 6.07) is 11.1. The molecule has 1 heterocycles. The molecule has 1 aromatic heterocycles. The van der Waals surface area contributed by atoms with Crippen LogP contribution in [0.15, 0.2) is 52.5 Å². The summed E-state index contributed by atoms with van der Waals surface area (Å²) >= 11 is 1.31. The first-order valence-electron chi connectivity index (χ1n) is 11.2. The zero-order chi connectivity index (χ0) is 23.3. The van der Waals surface area contributed by atoms with Crippen LogP contribution in [0, 0.1) is 0 Å². The molecule has 1 unspecified atom stereocenters. The molecule has 1 N–H and O–H groups in total. The Kier molecular flexibility index (Phi) is 8.36. The van der Waals surface area contributed by atoms with E-state index in [1.807, 2.05) is 31.2 Å². The molecule has 0 saturated heterocycles. The molecule has 0 aliphatic heterocycles. The number of anilines is 1. The summed E-state index contributed by atoms with van der Waals surface area (Å²) in [6.45, 7) is 6.00. The van der Waals surface area contributed by atoms with Gasteiger partial charge in [0.25, 0.3) is 0 Å². The molecular weight excluding hydrogens is 442 g/mol. The van der Waals surface area contributed by atoms with E-state index in [0.717, 1.165) is 36.9 Å². The lowest BCUT2D eigenvalue weighted by molar-refractivity contribution is -0.115. The normalized spacial score (nSPS) is 16.3. The maximum atomic E-state index is 13.0. The van der Waals surface area contributed by atoms with E-state index in [2.05, 4.69) is 24.1 Å². The second kappa shape index (κ2) is 10.8. The number of nitrogens with zero attached hydrogens (tertiary/aromatic N) is 2. The molecule has 1 saturated carbocycles. The quantitative estimate of drug-likeness (QED) is 0.526. The van der Waals surface area contributed by atoms with Crippen molar-refractivity contribution in [2.45, 2.75) is 80.0 Å². The van der Waals surface area contributed by atoms with Crippen LogP contribution in [-0.4, -0.2) is 42.0 Å². The van der Waals surface area contributed by atoms with Gasteiger partial charge >= 0.3 is 0 Å². The number of para-hydroxylation sites is 1. The van der Waals surface area contributed by atoms with Crippen LogP contribution >= 0.6 is 11.8 Å². The van der Waals surface area contributed by atoms with Crippen molar-refractivity contribution in [2.75, 3.05) is 12.4 Å². The molecular formula is C24H33N3O3S2. The number of nitrogens with one attached hydrogen (secondary N) is 1. The summed E-state index contributed by atoms with van der Waals surface area (Å²) in [4.78, 5) is 17.2. The van der Waals surface area contributed by atoms with E-state index in [4.69, 9.17) is 0 Å². The highest BCUT2D eigenvalue weighted by atomic mass is 32.2. The highest BCUT2D eigenvalue weighted by Crippen LogP contribution is 2.29. The van der Waals surface area contributed by atoms with Gasteiger partial charge < -0.3 is 5.32 Å². The lowest BCUT2D eigenvalue weighted by atomic mass is 9.96. The van der Waals surface area contributed by atoms with Crippen LogP contribution in [0.2, 0.25) is 0 Å². The first kappa shape index (κ1) is 24.7. The predicted molar refractivity (Wildman–Crippen MR) is 131 cm³/mol. The summed E-state index contributed by atoms with van der Waals surface area (Å²) in [7, 11) is -1.91. The largest absolute Gasteiger partial charge is 0.325 e. The minimum Gasteiger partial charge on any atom is -0.325 e. The second-order valence-corrected chi connectivity index (χ2v) is 12.0. The van der Waals surface area contributed by atoms with E-state index < -0.39 is 10.0 Å². The van der Waals surface area contributed by atoms with Crippen LogP contribution in [0.1, 0.15) is 64.4 Å². The zero-order valence-corrected chi connectivity index (χ0v) is 20.9. The topological polar surface area (TPSA) is 79.4 Å². The summed E-state index contributed by atoms with van der Waals surface area (Å²) in [5.74, 6) is 0.191. The van der Waals surface area contributed by atoms with E-state index in [9.17, 15) is 13.2 Å². The SMILES string of the molecule is CC(Sc1ccc(S(=O)(=O)N(C)C2CCCCC2)cn1)C(=O)Nc1ccccc1C(C)C. The number of hydrogen-bond donors (Lipinski definition) is 1. The molecule has 8 heteroatoms. The smallest absolute Gasteiger partial charge is 0.244 e. The Hall–Kier alpha value is -1.90. The fraction of sp³-hybridized carbons (Fsp3) is 0.500. The Bertz CT molecular complexity index is 1020. The predicted octanol–water partition coefficient (Wildman–Crippen LogP) is 5.28. The third-order valence-electron chi connectivity index (χ3n) is 5.98. The number of sulfonamides is 1. The maximum absolute atomic E-state index is 13.0. The van der Waals surface area contributed by atoms with E-state index in [-0.39, 0.29) is 22.1 Å². The van der Waals surface area contributed by atoms with Crippen molar-refractivity contribution in [1.82, 2.24) is 9.29 Å². The van der Waals surface area contributed by atoms with Crippen molar-refractivity contribution in [3.05, 3.63) is 48.2 Å². The minimum atomic E-state index is -3.57. The van der Waals surface area contributed by atoms with Crippen LogP contribution in [0.25, 0.3) is 0 Å². The van der Waals surface area contributed by atoms with Gasteiger partial charge in [0.1, 0.15) is 4.90 Å². The number of aromatic nitrogens is 1. The lowest BCUT2D eigenvalue weighted by Crippen LogP contribution is -2.38. The van der Waals surface area contributed by atoms with E-state index >= 15 is 0 Å². The highest BCUT2D eigenvalue weighted by Gasteiger charge is 2.29. The molecule has 3 rings (SSSR count). The Morgan fingerprint density at radius 2 is 1.78 bits per heavy atom. The van der Waals surface area contributed by atoms with Gasteiger partial charge in [0.05, 0.1) is 10.3 Å². The Labute approximate surface area is 196 Å². The molecule has 0 bridgehead atoms. The molecule has 1 aliphatic carbocycles. The molecule has 0 spiro atoms. The second-order valence-electron chi connectivity index (χ2n) is 8.64. The fourth-order valence-electron chi connectivity index (χ4n) is 3.98. The van der Waals surface area contributed by atoms with E-state index in [1.54, 1.807) is 19.2 Å². The van der Waals surface area contributed by atoms with Gasteiger partial charge in [0.15, 0.2) is 0 Å². The number of amides is 1. The van der Waals surface area contributed by atoms with Crippen LogP contribution in [0.5, 0.6) is 0 Å². The monoisotopic (exact) mass is 475 g/mol. The molecule has 1 atom stereocenters. The van der Waals surface area contributed by atoms with Crippen LogP contribution in [0.3, 0.4) is 0 Å². The minimum absolute atomic E-state index is 0.0558. The van der Waals surface area contributed by atoms with Crippen LogP contribution in [0.4, 0.5) is 5.69 Å². The number of carbonyl (C=O) groups excluding carboxylic acids is 1. The van der Waals surface area contributed by atoms with Crippen molar-refractivity contribution in [1.29, 1.82) is 0 Å². The number of hydrogen-bond acceptors (Lipinski definition) is 5. The van der Waals surface area contributed by atoms with Gasteiger partial charge in [0.2, 0.25) is 15.9 Å². The van der Waals surface area contributed by atoms with E-state index in [1.165, 1.54) is 28.7 Å². The summed E-state index contributed by atoms with van der Waals surface area (Å²) < 4.78 is 27.5. The van der Waals surface area contributed by atoms with E-state index in [0.29, 0.717) is 10.9 Å². The molecule has 6 nitrogen and oxygen atoms in total. The van der Waals surface area contributed by atoms with Crippen LogP contribution < -0.4 is 5.32 Å². The molecule has 1 aliphatic rings. The first-order valence-corrected chi connectivity index (χ1v) is 13.5. The van der Waals surface area contributed by atoms with Gasteiger partial charge in [-0.2, -0.15) is 4.31 Å². The van der Waals surface area contributed by atoms with Crippen molar-refractivity contribution < 1.29 is 13.2 Å². The van der Waals surface area contributed by atoms with Crippen molar-refractivity contribution in [2.24, 2.45) is 0 Å². The third-order valence-corrected chi connectivity index (χ3v) is 8.93. The summed E-state index contributed by atoms with van der Waals surface area (Å²) in [5, 5.41) is 3.24. The molecule has 2 aromatic rings. The lowest BCUT2D eigenvalue weighted by Gasteiger charge is -2.30. The number of pyridine rings is 1. The number of carbonyl (C=O) groups is 1. The number of thioether (sulfide) groups is 1. The fourth-order valence-corrected chi connectivity index (χ4v) is 6.13. The average molecular weight is 476 g/mol. The van der Waals surface area contributed by atoms with Gasteiger partial charge in [0, 0.05) is 25.0 Å². The van der Waals surface area contributed by atoms with Gasteiger partial charge in [-0.05, 0) is 49.4 Å². The summed E-state index contributed by atoms with van der Waals surface area (Å²) in [6.07, 6.45) is 6.52. The molecule has 1 amide bonds. The molecule has 174 valence electrons. The van der Waals surface area contributed by atoms with Crippen molar-refractivity contribution in [3.63, 3.8) is 0 Å². The first-order chi connectivity index (χ1) is 15.2. The maximum Gasteiger partial charge on any atom is 0.244 e. The molecule has 1 aromatic carbocycles. The van der Waals surface area contributed by atoms with Gasteiger partial charge in [-0.15, -0.1) is 0 Å². The molecule has 32 heavy (non-hydrogen) atoms. The van der Waals surface area contributed by atoms with Gasteiger partial charge in [-0.3, -0.25) is 4.79 Å². The number of rotatable bonds is 8. The van der Waals surface area contributed by atoms with Crippen LogP contribution in [-0.2, 0) is 14.8 Å². The Morgan fingerprint density at radius 3 is 2.41 bits per heavy atom. The third kappa shape index (κ3) is 5.91. The van der Waals surface area contributed by atoms with Crippen molar-refractivity contribution >= 4 is 33.4 Å². The highest BCUT2D eigenvalue weighted by molar-refractivity contribution is 8.00. The molecule has 1 fully saturated rings. The van der Waals surface area contributed by atoms with Gasteiger partial charge in [-0.25, -0.2) is 13.4 Å².